The van der Waals surface area contributed by atoms with Crippen molar-refractivity contribution in [3.8, 4) is 0 Å². The van der Waals surface area contributed by atoms with Gasteiger partial charge >= 0.3 is 5.97 Å². The number of hydrogen-bond donors (Lipinski definition) is 1. The minimum Gasteiger partial charge on any atom is -0.469 e. The third-order valence-electron chi connectivity index (χ3n) is 3.38. The molecule has 0 heterocycles. The monoisotopic (exact) mass is 304 g/mol. The fourth-order valence-electron chi connectivity index (χ4n) is 2.13. The normalized spacial score (nSPS) is 12.3. The number of thioether (sulfide) groups is 1. The summed E-state index contributed by atoms with van der Waals surface area (Å²) >= 11 is 1.84. The number of aliphatic hydroxyl groups is 1. The molecule has 0 aromatic carbocycles. The topological polar surface area (TPSA) is 46.5 Å². The van der Waals surface area contributed by atoms with Crippen LogP contribution in [0.3, 0.4) is 0 Å². The van der Waals surface area contributed by atoms with E-state index < -0.39 is 0 Å². The first-order chi connectivity index (χ1) is 9.70. The first-order valence-electron chi connectivity index (χ1n) is 8.03. The summed E-state index contributed by atoms with van der Waals surface area (Å²) in [5, 5.41) is 9.59. The van der Waals surface area contributed by atoms with Crippen molar-refractivity contribution in [3.63, 3.8) is 0 Å². The van der Waals surface area contributed by atoms with E-state index in [1.807, 2.05) is 11.8 Å². The van der Waals surface area contributed by atoms with Gasteiger partial charge in [0.05, 0.1) is 19.6 Å². The van der Waals surface area contributed by atoms with Gasteiger partial charge in [0, 0.05) is 5.75 Å². The summed E-state index contributed by atoms with van der Waals surface area (Å²) in [6.45, 7) is 2.12. The summed E-state index contributed by atoms with van der Waals surface area (Å²) in [6, 6.07) is 0. The molecule has 0 amide bonds. The molecular formula is C16H32O3S. The maximum absolute atomic E-state index is 10.9. The molecule has 0 bridgehead atoms. The minimum absolute atomic E-state index is 0.0776. The Morgan fingerprint density at radius 1 is 1.05 bits per heavy atom. The summed E-state index contributed by atoms with van der Waals surface area (Å²) < 4.78 is 4.59. The molecule has 0 fully saturated rings. The Balaban J connectivity index is 3.08. The highest BCUT2D eigenvalue weighted by Gasteiger charge is 2.02. The van der Waals surface area contributed by atoms with E-state index in [0.29, 0.717) is 6.42 Å². The molecule has 0 aliphatic rings. The van der Waals surface area contributed by atoms with Gasteiger partial charge in [0.2, 0.25) is 0 Å². The third-order valence-corrected chi connectivity index (χ3v) is 4.45. The lowest BCUT2D eigenvalue weighted by molar-refractivity contribution is -0.140. The van der Waals surface area contributed by atoms with Crippen LogP contribution < -0.4 is 0 Å². The Morgan fingerprint density at radius 3 is 2.35 bits per heavy atom. The van der Waals surface area contributed by atoms with Crippen molar-refractivity contribution in [3.05, 3.63) is 0 Å². The molecular weight excluding hydrogens is 272 g/mol. The molecule has 0 aromatic heterocycles. The van der Waals surface area contributed by atoms with Crippen molar-refractivity contribution in [2.24, 2.45) is 0 Å². The van der Waals surface area contributed by atoms with Crippen molar-refractivity contribution < 1.29 is 14.6 Å². The lowest BCUT2D eigenvalue weighted by Crippen LogP contribution is -2.04. The lowest BCUT2D eigenvalue weighted by Gasteiger charge is -2.08. The van der Waals surface area contributed by atoms with Crippen LogP contribution in [0.2, 0.25) is 0 Å². The molecule has 0 aliphatic heterocycles. The SMILES string of the molecule is CCC[C@@H](O)CCCCCCCCSCCC(=O)OC. The molecule has 0 aliphatic carbocycles. The Labute approximate surface area is 128 Å². The fourth-order valence-corrected chi connectivity index (χ4v) is 3.05. The van der Waals surface area contributed by atoms with E-state index in [4.69, 9.17) is 0 Å². The van der Waals surface area contributed by atoms with Gasteiger partial charge in [0.1, 0.15) is 0 Å². The van der Waals surface area contributed by atoms with Gasteiger partial charge in [-0.05, 0) is 25.0 Å². The molecule has 4 heteroatoms. The second-order valence-corrected chi connectivity index (χ2v) is 6.52. The van der Waals surface area contributed by atoms with Crippen LogP contribution in [0.4, 0.5) is 0 Å². The average molecular weight is 304 g/mol. The molecule has 0 unspecified atom stereocenters. The second-order valence-electron chi connectivity index (χ2n) is 5.29. The van der Waals surface area contributed by atoms with Crippen molar-refractivity contribution in [1.29, 1.82) is 0 Å². The van der Waals surface area contributed by atoms with E-state index in [1.165, 1.54) is 39.2 Å². The second kappa shape index (κ2) is 15.2. The Hall–Kier alpha value is -0.220. The van der Waals surface area contributed by atoms with E-state index in [2.05, 4.69) is 11.7 Å². The molecule has 20 heavy (non-hydrogen) atoms. The van der Waals surface area contributed by atoms with Gasteiger partial charge in [0.15, 0.2) is 0 Å². The van der Waals surface area contributed by atoms with Gasteiger partial charge in [-0.2, -0.15) is 11.8 Å². The number of unbranched alkanes of at least 4 members (excludes halogenated alkanes) is 5. The van der Waals surface area contributed by atoms with Gasteiger partial charge in [-0.25, -0.2) is 0 Å². The predicted molar refractivity (Wildman–Crippen MR) is 87.2 cm³/mol. The minimum atomic E-state index is -0.109. The summed E-state index contributed by atoms with van der Waals surface area (Å²) in [5.41, 5.74) is 0. The number of hydrogen-bond acceptors (Lipinski definition) is 4. The van der Waals surface area contributed by atoms with Gasteiger partial charge in [-0.1, -0.05) is 45.4 Å². The average Bonchev–Trinajstić information content (AvgIpc) is 2.44. The van der Waals surface area contributed by atoms with Crippen LogP contribution in [0.15, 0.2) is 0 Å². The van der Waals surface area contributed by atoms with E-state index in [-0.39, 0.29) is 12.1 Å². The summed E-state index contributed by atoms with van der Waals surface area (Å²) in [4.78, 5) is 10.9. The molecule has 3 nitrogen and oxygen atoms in total. The lowest BCUT2D eigenvalue weighted by atomic mass is 10.0. The molecule has 1 N–H and O–H groups in total. The molecule has 0 saturated heterocycles. The largest absolute Gasteiger partial charge is 0.469 e. The van der Waals surface area contributed by atoms with Gasteiger partial charge in [-0.15, -0.1) is 0 Å². The number of ether oxygens (including phenoxy) is 1. The van der Waals surface area contributed by atoms with Crippen LogP contribution in [-0.2, 0) is 9.53 Å². The molecule has 0 spiro atoms. The molecule has 0 radical (unpaired) electrons. The van der Waals surface area contributed by atoms with E-state index in [9.17, 15) is 9.90 Å². The zero-order chi connectivity index (χ0) is 15.1. The third kappa shape index (κ3) is 14.2. The number of carbonyl (C=O) groups is 1. The number of rotatable bonds is 14. The van der Waals surface area contributed by atoms with E-state index in [1.54, 1.807) is 0 Å². The van der Waals surface area contributed by atoms with Crippen LogP contribution in [0, 0.1) is 0 Å². The Kier molecular flexibility index (Phi) is 15.0. The summed E-state index contributed by atoms with van der Waals surface area (Å²) in [7, 11) is 1.44. The zero-order valence-corrected chi connectivity index (χ0v) is 14.1. The van der Waals surface area contributed by atoms with Crippen molar-refractivity contribution in [1.82, 2.24) is 0 Å². The highest BCUT2D eigenvalue weighted by molar-refractivity contribution is 7.99. The molecule has 1 atom stereocenters. The van der Waals surface area contributed by atoms with Crippen molar-refractivity contribution in [2.45, 2.75) is 77.2 Å². The van der Waals surface area contributed by atoms with Crippen LogP contribution in [0.5, 0.6) is 0 Å². The number of aliphatic hydroxyl groups excluding tert-OH is 1. The van der Waals surface area contributed by atoms with E-state index >= 15 is 0 Å². The quantitative estimate of drug-likeness (QED) is 0.386. The van der Waals surface area contributed by atoms with Crippen LogP contribution in [-0.4, -0.2) is 35.8 Å². The Bertz CT molecular complexity index is 222. The maximum Gasteiger partial charge on any atom is 0.306 e. The standard InChI is InChI=1S/C16H32O3S/c1-3-10-15(17)11-8-6-4-5-7-9-13-20-14-12-16(18)19-2/h15,17H,3-14H2,1-2H3/t15-/m1/s1. The molecule has 0 saturated carbocycles. The highest BCUT2D eigenvalue weighted by Crippen LogP contribution is 2.13. The first kappa shape index (κ1) is 19.8. The van der Waals surface area contributed by atoms with Gasteiger partial charge < -0.3 is 9.84 Å². The van der Waals surface area contributed by atoms with Crippen LogP contribution in [0.25, 0.3) is 0 Å². The molecule has 0 rings (SSSR count). The smallest absolute Gasteiger partial charge is 0.306 e. The van der Waals surface area contributed by atoms with Crippen LogP contribution in [0.1, 0.15) is 71.1 Å². The maximum atomic E-state index is 10.9. The van der Waals surface area contributed by atoms with Gasteiger partial charge in [0.25, 0.3) is 0 Å². The van der Waals surface area contributed by atoms with E-state index in [0.717, 1.165) is 37.2 Å². The van der Waals surface area contributed by atoms with Crippen molar-refractivity contribution in [2.75, 3.05) is 18.6 Å². The highest BCUT2D eigenvalue weighted by atomic mass is 32.2. The Morgan fingerprint density at radius 2 is 1.70 bits per heavy atom. The molecule has 120 valence electrons. The van der Waals surface area contributed by atoms with Gasteiger partial charge in [-0.3, -0.25) is 4.79 Å². The summed E-state index contributed by atoms with van der Waals surface area (Å²) in [5.74, 6) is 1.91. The number of esters is 1. The predicted octanol–water partition coefficient (Wildman–Crippen LogP) is 4.17. The fraction of sp³-hybridized carbons (Fsp3) is 0.938. The first-order valence-corrected chi connectivity index (χ1v) is 9.18. The molecule has 0 aromatic rings. The zero-order valence-electron chi connectivity index (χ0n) is 13.2. The number of carbonyl (C=O) groups excluding carboxylic acids is 1. The van der Waals surface area contributed by atoms with Crippen LogP contribution >= 0.6 is 11.8 Å². The van der Waals surface area contributed by atoms with Crippen molar-refractivity contribution >= 4 is 17.7 Å². The number of methoxy groups -OCH3 is 1. The summed E-state index contributed by atoms with van der Waals surface area (Å²) in [6.07, 6.45) is 11.0.